The van der Waals surface area contributed by atoms with Crippen LogP contribution in [-0.2, 0) is 6.54 Å². The van der Waals surface area contributed by atoms with Gasteiger partial charge in [-0.15, -0.1) is 0 Å². The summed E-state index contributed by atoms with van der Waals surface area (Å²) in [6.45, 7) is 7.70. The van der Waals surface area contributed by atoms with Gasteiger partial charge in [-0.25, -0.2) is 4.39 Å². The summed E-state index contributed by atoms with van der Waals surface area (Å²) in [5.74, 6) is 1.20. The van der Waals surface area contributed by atoms with E-state index in [0.717, 1.165) is 17.4 Å². The van der Waals surface area contributed by atoms with Gasteiger partial charge < -0.3 is 4.57 Å². The Balaban J connectivity index is 2.22. The van der Waals surface area contributed by atoms with Gasteiger partial charge in [0.1, 0.15) is 5.82 Å². The second-order valence-electron chi connectivity index (χ2n) is 5.38. The van der Waals surface area contributed by atoms with Crippen molar-refractivity contribution in [3.63, 3.8) is 0 Å². The third kappa shape index (κ3) is 2.68. The van der Waals surface area contributed by atoms with Crippen LogP contribution in [0.4, 0.5) is 4.39 Å². The molecule has 2 aromatic rings. The van der Waals surface area contributed by atoms with Crippen LogP contribution in [0.25, 0.3) is 10.9 Å². The van der Waals surface area contributed by atoms with E-state index < -0.39 is 0 Å². The Labute approximate surface area is 102 Å². The Morgan fingerprint density at radius 2 is 1.94 bits per heavy atom. The fourth-order valence-electron chi connectivity index (χ4n) is 2.56. The van der Waals surface area contributed by atoms with Crippen LogP contribution >= 0.6 is 0 Å². The molecule has 0 saturated heterocycles. The molecule has 92 valence electrons. The van der Waals surface area contributed by atoms with Crippen LogP contribution in [-0.4, -0.2) is 4.57 Å². The molecule has 1 aromatic heterocycles. The van der Waals surface area contributed by atoms with Gasteiger partial charge in [-0.2, -0.15) is 0 Å². The quantitative estimate of drug-likeness (QED) is 0.734. The molecule has 0 aliphatic heterocycles. The third-order valence-corrected chi connectivity index (χ3v) is 3.14. The van der Waals surface area contributed by atoms with Crippen LogP contribution < -0.4 is 0 Å². The molecular weight excluding hydrogens is 213 g/mol. The van der Waals surface area contributed by atoms with Crippen molar-refractivity contribution < 1.29 is 4.39 Å². The number of benzene rings is 1. The van der Waals surface area contributed by atoms with Gasteiger partial charge in [0, 0.05) is 18.1 Å². The van der Waals surface area contributed by atoms with Crippen molar-refractivity contribution in [2.75, 3.05) is 0 Å². The highest BCUT2D eigenvalue weighted by Gasteiger charge is 2.09. The zero-order valence-corrected chi connectivity index (χ0v) is 10.8. The van der Waals surface area contributed by atoms with E-state index >= 15 is 0 Å². The van der Waals surface area contributed by atoms with Crippen LogP contribution in [0, 0.1) is 17.7 Å². The molecule has 0 aliphatic rings. The molecule has 0 bridgehead atoms. The van der Waals surface area contributed by atoms with E-state index in [1.54, 1.807) is 6.07 Å². The molecule has 0 amide bonds. The molecule has 2 rings (SSSR count). The molecular formula is C15H20FN. The molecule has 1 heterocycles. The average molecular weight is 233 g/mol. The van der Waals surface area contributed by atoms with Crippen LogP contribution in [0.5, 0.6) is 0 Å². The second-order valence-corrected chi connectivity index (χ2v) is 5.38. The Hall–Kier alpha value is -1.31. The van der Waals surface area contributed by atoms with Crippen molar-refractivity contribution in [1.29, 1.82) is 0 Å². The number of hydrogen-bond donors (Lipinski definition) is 0. The summed E-state index contributed by atoms with van der Waals surface area (Å²) in [5.41, 5.74) is 1.00. The first-order chi connectivity index (χ1) is 8.08. The number of fused-ring (bicyclic) bond motifs is 1. The number of hydrogen-bond acceptors (Lipinski definition) is 0. The number of nitrogens with zero attached hydrogens (tertiary/aromatic N) is 1. The molecule has 0 spiro atoms. The van der Waals surface area contributed by atoms with E-state index in [9.17, 15) is 4.39 Å². The second kappa shape index (κ2) is 4.91. The lowest BCUT2D eigenvalue weighted by Gasteiger charge is -2.15. The van der Waals surface area contributed by atoms with Gasteiger partial charge in [0.2, 0.25) is 0 Å². The molecule has 2 heteroatoms. The van der Waals surface area contributed by atoms with E-state index in [-0.39, 0.29) is 5.82 Å². The fraction of sp³-hybridized carbons (Fsp3) is 0.467. The number of halogens is 1. The van der Waals surface area contributed by atoms with E-state index in [4.69, 9.17) is 0 Å². The van der Waals surface area contributed by atoms with Crippen molar-refractivity contribution in [1.82, 2.24) is 4.57 Å². The monoisotopic (exact) mass is 233 g/mol. The highest BCUT2D eigenvalue weighted by molar-refractivity contribution is 5.80. The normalized spacial score (nSPS) is 13.5. The molecule has 1 nitrogen and oxygen atoms in total. The van der Waals surface area contributed by atoms with E-state index in [1.807, 2.05) is 18.3 Å². The predicted molar refractivity (Wildman–Crippen MR) is 70.5 cm³/mol. The van der Waals surface area contributed by atoms with Crippen LogP contribution in [0.2, 0.25) is 0 Å². The largest absolute Gasteiger partial charge is 0.347 e. The molecule has 17 heavy (non-hydrogen) atoms. The maximum absolute atomic E-state index is 13.5. The van der Waals surface area contributed by atoms with E-state index in [0.29, 0.717) is 11.8 Å². The summed E-state index contributed by atoms with van der Waals surface area (Å²) in [7, 11) is 0. The number of rotatable bonds is 4. The topological polar surface area (TPSA) is 4.93 Å². The smallest absolute Gasteiger partial charge is 0.132 e. The molecule has 1 aromatic carbocycles. The summed E-state index contributed by atoms with van der Waals surface area (Å²) < 4.78 is 15.7. The Kier molecular flexibility index (Phi) is 3.51. The van der Waals surface area contributed by atoms with Gasteiger partial charge in [0.15, 0.2) is 0 Å². The van der Waals surface area contributed by atoms with Gasteiger partial charge in [0.25, 0.3) is 0 Å². The minimum Gasteiger partial charge on any atom is -0.347 e. The van der Waals surface area contributed by atoms with Gasteiger partial charge in [0.05, 0.1) is 5.52 Å². The zero-order valence-electron chi connectivity index (χ0n) is 10.8. The van der Waals surface area contributed by atoms with Crippen LogP contribution in [0.1, 0.15) is 27.2 Å². The van der Waals surface area contributed by atoms with Crippen LogP contribution in [0.3, 0.4) is 0 Å². The van der Waals surface area contributed by atoms with Gasteiger partial charge in [-0.3, -0.25) is 0 Å². The maximum Gasteiger partial charge on any atom is 0.132 e. The standard InChI is InChI=1S/C15H20FN/c1-11(2)9-12(3)10-17-8-7-13-14(16)5-4-6-15(13)17/h4-8,11-12H,9-10H2,1-3H3. The van der Waals surface area contributed by atoms with Crippen molar-refractivity contribution in [3.8, 4) is 0 Å². The van der Waals surface area contributed by atoms with Gasteiger partial charge in [-0.1, -0.05) is 26.8 Å². The minimum absolute atomic E-state index is 0.127. The van der Waals surface area contributed by atoms with Crippen molar-refractivity contribution in [3.05, 3.63) is 36.3 Å². The first-order valence-electron chi connectivity index (χ1n) is 6.31. The molecule has 1 atom stereocenters. The molecule has 0 N–H and O–H groups in total. The summed E-state index contributed by atoms with van der Waals surface area (Å²) in [5, 5.41) is 0.726. The van der Waals surface area contributed by atoms with Crippen molar-refractivity contribution in [2.45, 2.75) is 33.7 Å². The summed E-state index contributed by atoms with van der Waals surface area (Å²) in [4.78, 5) is 0. The Morgan fingerprint density at radius 3 is 2.65 bits per heavy atom. The summed E-state index contributed by atoms with van der Waals surface area (Å²) in [6, 6.07) is 7.15. The SMILES string of the molecule is CC(C)CC(C)Cn1ccc2c(F)cccc21. The highest BCUT2D eigenvalue weighted by atomic mass is 19.1. The number of aromatic nitrogens is 1. The summed E-state index contributed by atoms with van der Waals surface area (Å²) in [6.07, 6.45) is 3.19. The first kappa shape index (κ1) is 12.2. The third-order valence-electron chi connectivity index (χ3n) is 3.14. The molecule has 0 radical (unpaired) electrons. The Bertz CT molecular complexity index is 499. The molecule has 0 saturated carbocycles. The van der Waals surface area contributed by atoms with Crippen LogP contribution in [0.15, 0.2) is 30.5 Å². The lowest BCUT2D eigenvalue weighted by molar-refractivity contribution is 0.394. The first-order valence-corrected chi connectivity index (χ1v) is 6.31. The fourth-order valence-corrected chi connectivity index (χ4v) is 2.56. The van der Waals surface area contributed by atoms with Gasteiger partial charge in [-0.05, 0) is 36.5 Å². The molecule has 1 unspecified atom stereocenters. The lowest BCUT2D eigenvalue weighted by Crippen LogP contribution is -2.09. The zero-order chi connectivity index (χ0) is 12.4. The van der Waals surface area contributed by atoms with Crippen molar-refractivity contribution >= 4 is 10.9 Å². The summed E-state index contributed by atoms with van der Waals surface area (Å²) >= 11 is 0. The maximum atomic E-state index is 13.5. The highest BCUT2D eigenvalue weighted by Crippen LogP contribution is 2.21. The lowest BCUT2D eigenvalue weighted by atomic mass is 9.99. The van der Waals surface area contributed by atoms with E-state index in [2.05, 4.69) is 25.3 Å². The molecule has 0 fully saturated rings. The van der Waals surface area contributed by atoms with Gasteiger partial charge >= 0.3 is 0 Å². The van der Waals surface area contributed by atoms with Crippen molar-refractivity contribution in [2.24, 2.45) is 11.8 Å². The Morgan fingerprint density at radius 1 is 1.18 bits per heavy atom. The average Bonchev–Trinajstić information content (AvgIpc) is 2.62. The van der Waals surface area contributed by atoms with E-state index in [1.165, 1.54) is 12.5 Å². The predicted octanol–water partition coefficient (Wildman–Crippen LogP) is 4.46. The minimum atomic E-state index is -0.127. The molecule has 0 aliphatic carbocycles.